The number of nitrogens with zero attached hydrogens (tertiary/aromatic N) is 2. The number of benzene rings is 1. The van der Waals surface area contributed by atoms with Gasteiger partial charge < -0.3 is 10.3 Å². The van der Waals surface area contributed by atoms with E-state index < -0.39 is 10.0 Å². The lowest BCUT2D eigenvalue weighted by Crippen LogP contribution is -2.25. The van der Waals surface area contributed by atoms with Crippen LogP contribution in [0.5, 0.6) is 0 Å². The summed E-state index contributed by atoms with van der Waals surface area (Å²) in [7, 11) is -1.79. The number of hydrogen-bond acceptors (Lipinski definition) is 4. The lowest BCUT2D eigenvalue weighted by molar-refractivity contribution is 0.576. The van der Waals surface area contributed by atoms with E-state index in [-0.39, 0.29) is 11.4 Å². The third kappa shape index (κ3) is 3.00. The summed E-state index contributed by atoms with van der Waals surface area (Å²) in [5.41, 5.74) is 6.86. The van der Waals surface area contributed by atoms with Crippen LogP contribution >= 0.6 is 0 Å². The zero-order valence-corrected chi connectivity index (χ0v) is 12.3. The largest absolute Gasteiger partial charge is 0.399 e. The van der Waals surface area contributed by atoms with Crippen LogP contribution in [0, 0.1) is 0 Å². The minimum absolute atomic E-state index is 0.143. The maximum absolute atomic E-state index is 12.4. The fraction of sp³-hybridized carbons (Fsp3) is 0.308. The Morgan fingerprint density at radius 1 is 1.40 bits per heavy atom. The number of imidazole rings is 1. The van der Waals surface area contributed by atoms with Crippen molar-refractivity contribution in [3.63, 3.8) is 0 Å². The number of aromatic nitrogens is 2. The molecule has 0 aliphatic heterocycles. The number of aryl methyl sites for hydroxylation is 2. The lowest BCUT2D eigenvalue weighted by Gasteiger charge is -2.11. The van der Waals surface area contributed by atoms with Gasteiger partial charge in [0.15, 0.2) is 0 Å². The van der Waals surface area contributed by atoms with E-state index in [2.05, 4.69) is 9.71 Å². The van der Waals surface area contributed by atoms with E-state index in [1.54, 1.807) is 29.1 Å². The summed E-state index contributed by atoms with van der Waals surface area (Å²) < 4.78 is 29.1. The predicted octanol–water partition coefficient (Wildman–Crippen LogP) is 1.04. The Morgan fingerprint density at radius 2 is 2.15 bits per heavy atom. The normalized spacial score (nSPS) is 11.7. The maximum Gasteiger partial charge on any atom is 0.241 e. The molecule has 2 aromatic rings. The second kappa shape index (κ2) is 5.64. The van der Waals surface area contributed by atoms with Crippen molar-refractivity contribution in [3.8, 4) is 0 Å². The smallest absolute Gasteiger partial charge is 0.241 e. The Morgan fingerprint density at radius 3 is 2.75 bits per heavy atom. The molecule has 6 nitrogen and oxygen atoms in total. The van der Waals surface area contributed by atoms with Gasteiger partial charge in [-0.2, -0.15) is 0 Å². The van der Waals surface area contributed by atoms with Crippen LogP contribution < -0.4 is 10.5 Å². The fourth-order valence-corrected chi connectivity index (χ4v) is 3.24. The molecule has 0 radical (unpaired) electrons. The Bertz CT molecular complexity index is 707. The van der Waals surface area contributed by atoms with Crippen LogP contribution in [-0.4, -0.2) is 18.0 Å². The van der Waals surface area contributed by atoms with Crippen molar-refractivity contribution in [1.29, 1.82) is 0 Å². The standard InChI is InChI=1S/C13H18N4O2S/c1-3-10-4-5-11(14)8-12(10)20(18,19)16-9-13-15-6-7-17(13)2/h4-8,16H,3,9,14H2,1-2H3. The highest BCUT2D eigenvalue weighted by Crippen LogP contribution is 2.19. The molecule has 2 rings (SSSR count). The first-order chi connectivity index (χ1) is 9.44. The molecule has 3 N–H and O–H groups in total. The molecule has 1 aromatic carbocycles. The van der Waals surface area contributed by atoms with Gasteiger partial charge in [-0.25, -0.2) is 18.1 Å². The summed E-state index contributed by atoms with van der Waals surface area (Å²) in [5.74, 6) is 0.649. The molecule has 0 unspecified atom stereocenters. The van der Waals surface area contributed by atoms with Gasteiger partial charge in [-0.3, -0.25) is 0 Å². The van der Waals surface area contributed by atoms with E-state index >= 15 is 0 Å². The molecule has 0 amide bonds. The van der Waals surface area contributed by atoms with Gasteiger partial charge in [0.05, 0.1) is 11.4 Å². The average Bonchev–Trinajstić information content (AvgIpc) is 2.82. The number of hydrogen-bond donors (Lipinski definition) is 2. The summed E-state index contributed by atoms with van der Waals surface area (Å²) in [6.45, 7) is 2.05. The SMILES string of the molecule is CCc1ccc(N)cc1S(=O)(=O)NCc1nccn1C. The third-order valence-corrected chi connectivity index (χ3v) is 4.59. The van der Waals surface area contributed by atoms with Crippen molar-refractivity contribution in [3.05, 3.63) is 42.0 Å². The molecule has 0 atom stereocenters. The van der Waals surface area contributed by atoms with Crippen molar-refractivity contribution < 1.29 is 8.42 Å². The highest BCUT2D eigenvalue weighted by molar-refractivity contribution is 7.89. The van der Waals surface area contributed by atoms with Gasteiger partial charge in [-0.05, 0) is 24.1 Å². The molecule has 1 heterocycles. The Labute approximate surface area is 118 Å². The van der Waals surface area contributed by atoms with Crippen LogP contribution in [-0.2, 0) is 30.0 Å². The van der Waals surface area contributed by atoms with E-state index in [4.69, 9.17) is 5.73 Å². The Hall–Kier alpha value is -1.86. The summed E-state index contributed by atoms with van der Waals surface area (Å²) in [6, 6.07) is 4.93. The molecular weight excluding hydrogens is 276 g/mol. The van der Waals surface area contributed by atoms with Crippen molar-refractivity contribution >= 4 is 15.7 Å². The van der Waals surface area contributed by atoms with Gasteiger partial charge in [0, 0.05) is 25.1 Å². The first-order valence-electron chi connectivity index (χ1n) is 6.28. The van der Waals surface area contributed by atoms with Crippen molar-refractivity contribution in [2.45, 2.75) is 24.8 Å². The van der Waals surface area contributed by atoms with Crippen molar-refractivity contribution in [2.24, 2.45) is 7.05 Å². The Kier molecular flexibility index (Phi) is 4.10. The van der Waals surface area contributed by atoms with Gasteiger partial charge in [0.1, 0.15) is 5.82 Å². The number of rotatable bonds is 5. The molecule has 7 heteroatoms. The van der Waals surface area contributed by atoms with Crippen LogP contribution in [0.2, 0.25) is 0 Å². The van der Waals surface area contributed by atoms with Gasteiger partial charge in [-0.15, -0.1) is 0 Å². The molecular formula is C13H18N4O2S. The first-order valence-corrected chi connectivity index (χ1v) is 7.76. The van der Waals surface area contributed by atoms with E-state index in [9.17, 15) is 8.42 Å². The number of anilines is 1. The van der Waals surface area contributed by atoms with Gasteiger partial charge >= 0.3 is 0 Å². The molecule has 0 aliphatic rings. The van der Waals surface area contributed by atoms with E-state index in [1.165, 1.54) is 6.07 Å². The van der Waals surface area contributed by atoms with Crippen LogP contribution in [0.4, 0.5) is 5.69 Å². The van der Waals surface area contributed by atoms with E-state index in [0.717, 1.165) is 5.56 Å². The zero-order valence-electron chi connectivity index (χ0n) is 11.5. The molecule has 0 bridgehead atoms. The van der Waals surface area contributed by atoms with Crippen LogP contribution in [0.3, 0.4) is 0 Å². The summed E-state index contributed by atoms with van der Waals surface area (Å²) >= 11 is 0. The quantitative estimate of drug-likeness (QED) is 0.806. The first kappa shape index (κ1) is 14.5. The van der Waals surface area contributed by atoms with Gasteiger partial charge in [-0.1, -0.05) is 13.0 Å². The molecule has 0 spiro atoms. The summed E-state index contributed by atoms with van der Waals surface area (Å²) in [4.78, 5) is 4.31. The van der Waals surface area contributed by atoms with E-state index in [0.29, 0.717) is 17.9 Å². The Balaban J connectivity index is 2.26. The zero-order chi connectivity index (χ0) is 14.8. The highest BCUT2D eigenvalue weighted by Gasteiger charge is 2.18. The molecule has 1 aromatic heterocycles. The monoisotopic (exact) mass is 294 g/mol. The van der Waals surface area contributed by atoms with Crippen LogP contribution in [0.1, 0.15) is 18.3 Å². The molecule has 0 saturated heterocycles. The van der Waals surface area contributed by atoms with Crippen molar-refractivity contribution in [1.82, 2.24) is 14.3 Å². The average molecular weight is 294 g/mol. The molecule has 0 saturated carbocycles. The maximum atomic E-state index is 12.4. The molecule has 108 valence electrons. The van der Waals surface area contributed by atoms with Crippen molar-refractivity contribution in [2.75, 3.05) is 5.73 Å². The number of nitrogens with one attached hydrogen (secondary N) is 1. The van der Waals surface area contributed by atoms with E-state index in [1.807, 2.05) is 14.0 Å². The third-order valence-electron chi connectivity index (χ3n) is 3.10. The van der Waals surface area contributed by atoms with Gasteiger partial charge in [0.2, 0.25) is 10.0 Å². The fourth-order valence-electron chi connectivity index (χ4n) is 1.92. The second-order valence-corrected chi connectivity index (χ2v) is 6.24. The van der Waals surface area contributed by atoms with Crippen LogP contribution in [0.15, 0.2) is 35.5 Å². The lowest BCUT2D eigenvalue weighted by atomic mass is 10.1. The molecule has 20 heavy (non-hydrogen) atoms. The number of nitrogens with two attached hydrogens (primary N) is 1. The summed E-state index contributed by atoms with van der Waals surface area (Å²) in [5, 5.41) is 0. The minimum atomic E-state index is -3.60. The second-order valence-electron chi connectivity index (χ2n) is 4.50. The number of sulfonamides is 1. The molecule has 0 aliphatic carbocycles. The highest BCUT2D eigenvalue weighted by atomic mass is 32.2. The number of nitrogen functional groups attached to an aromatic ring is 1. The van der Waals surface area contributed by atoms with Gasteiger partial charge in [0.25, 0.3) is 0 Å². The topological polar surface area (TPSA) is 90.0 Å². The van der Waals surface area contributed by atoms with Crippen LogP contribution in [0.25, 0.3) is 0 Å². The minimum Gasteiger partial charge on any atom is -0.399 e. The predicted molar refractivity (Wildman–Crippen MR) is 77.5 cm³/mol. The molecule has 0 fully saturated rings. The summed E-state index contributed by atoms with van der Waals surface area (Å²) in [6.07, 6.45) is 4.02.